The lowest BCUT2D eigenvalue weighted by Gasteiger charge is -2.26. The molecule has 0 aromatic rings. The Labute approximate surface area is 134 Å². The van der Waals surface area contributed by atoms with Gasteiger partial charge in [-0.25, -0.2) is 4.39 Å². The van der Waals surface area contributed by atoms with Crippen LogP contribution in [0.2, 0.25) is 0 Å². The Balaban J connectivity index is 3.85. The van der Waals surface area contributed by atoms with Crippen LogP contribution in [0, 0.1) is 23.7 Å². The van der Waals surface area contributed by atoms with Crippen LogP contribution < -0.4 is 0 Å². The molecule has 4 atom stereocenters. The molecule has 0 aliphatic rings. The smallest absolute Gasteiger partial charge is 0.0973 e. The molecular formula is C20H41F. The molecule has 0 aromatic carbocycles. The maximum absolute atomic E-state index is 12.8. The van der Waals surface area contributed by atoms with Crippen molar-refractivity contribution in [1.82, 2.24) is 0 Å². The first-order chi connectivity index (χ1) is 9.86. The first kappa shape index (κ1) is 20.9. The number of halogens is 1. The van der Waals surface area contributed by atoms with Crippen LogP contribution >= 0.6 is 0 Å². The number of hydrogen-bond donors (Lipinski definition) is 0. The molecular weight excluding hydrogens is 259 g/mol. The van der Waals surface area contributed by atoms with Crippen LogP contribution in [0.25, 0.3) is 0 Å². The molecule has 0 aliphatic heterocycles. The van der Waals surface area contributed by atoms with Gasteiger partial charge in [-0.05, 0) is 43.4 Å². The Kier molecular flexibility index (Phi) is 12.4. The summed E-state index contributed by atoms with van der Waals surface area (Å²) in [6.07, 6.45) is 10.5. The van der Waals surface area contributed by atoms with Gasteiger partial charge in [-0.15, -0.1) is 0 Å². The van der Waals surface area contributed by atoms with E-state index in [0.29, 0.717) is 0 Å². The van der Waals surface area contributed by atoms with E-state index in [9.17, 15) is 4.39 Å². The minimum absolute atomic E-state index is 0.622. The molecule has 21 heavy (non-hydrogen) atoms. The highest BCUT2D eigenvalue weighted by Crippen LogP contribution is 2.29. The van der Waals surface area contributed by atoms with E-state index in [2.05, 4.69) is 34.6 Å². The van der Waals surface area contributed by atoms with Gasteiger partial charge in [0, 0.05) is 0 Å². The molecule has 0 saturated heterocycles. The van der Waals surface area contributed by atoms with Gasteiger partial charge in [0.2, 0.25) is 0 Å². The molecule has 0 aliphatic carbocycles. The molecule has 0 N–H and O–H groups in total. The monoisotopic (exact) mass is 300 g/mol. The molecule has 0 heterocycles. The Morgan fingerprint density at radius 1 is 0.762 bits per heavy atom. The van der Waals surface area contributed by atoms with E-state index in [1.807, 2.05) is 0 Å². The van der Waals surface area contributed by atoms with Crippen molar-refractivity contribution in [2.24, 2.45) is 23.7 Å². The van der Waals surface area contributed by atoms with Crippen molar-refractivity contribution in [2.45, 2.75) is 106 Å². The SMILES string of the molecule is CCCC(CC(C)C)C(C)CCCC(C)CCCC(C)F. The van der Waals surface area contributed by atoms with Crippen LogP contribution in [0.15, 0.2) is 0 Å². The van der Waals surface area contributed by atoms with Crippen molar-refractivity contribution >= 4 is 0 Å². The van der Waals surface area contributed by atoms with Gasteiger partial charge < -0.3 is 0 Å². The van der Waals surface area contributed by atoms with Gasteiger partial charge in [0.05, 0.1) is 6.17 Å². The molecule has 0 fully saturated rings. The predicted molar refractivity (Wildman–Crippen MR) is 94.5 cm³/mol. The van der Waals surface area contributed by atoms with E-state index in [1.165, 1.54) is 44.9 Å². The molecule has 0 saturated carbocycles. The van der Waals surface area contributed by atoms with E-state index in [-0.39, 0.29) is 0 Å². The van der Waals surface area contributed by atoms with Gasteiger partial charge in [0.25, 0.3) is 0 Å². The van der Waals surface area contributed by atoms with Gasteiger partial charge in [-0.3, -0.25) is 0 Å². The minimum Gasteiger partial charge on any atom is -0.248 e. The van der Waals surface area contributed by atoms with E-state index >= 15 is 0 Å². The summed E-state index contributed by atoms with van der Waals surface area (Å²) in [5.74, 6) is 3.37. The normalized spacial score (nSPS) is 17.7. The summed E-state index contributed by atoms with van der Waals surface area (Å²) >= 11 is 0. The zero-order chi connectivity index (χ0) is 16.3. The van der Waals surface area contributed by atoms with Gasteiger partial charge in [0.15, 0.2) is 0 Å². The summed E-state index contributed by atoms with van der Waals surface area (Å²) in [7, 11) is 0. The fourth-order valence-corrected chi connectivity index (χ4v) is 3.53. The Bertz CT molecular complexity index is 222. The molecule has 128 valence electrons. The van der Waals surface area contributed by atoms with Crippen LogP contribution in [0.5, 0.6) is 0 Å². The second-order valence-corrected chi connectivity index (χ2v) is 7.90. The van der Waals surface area contributed by atoms with E-state index in [1.54, 1.807) is 6.92 Å². The second kappa shape index (κ2) is 12.5. The largest absolute Gasteiger partial charge is 0.248 e. The van der Waals surface area contributed by atoms with Crippen LogP contribution in [0.4, 0.5) is 4.39 Å². The van der Waals surface area contributed by atoms with Crippen molar-refractivity contribution in [1.29, 1.82) is 0 Å². The standard InChI is InChI=1S/C20H41F/c1-7-10-20(15-16(2)3)18(5)13-8-11-17(4)12-9-14-19(6)21/h16-20H,7-15H2,1-6H3. The molecule has 0 bridgehead atoms. The maximum atomic E-state index is 12.8. The summed E-state index contributed by atoms with van der Waals surface area (Å²) in [6.45, 7) is 13.5. The van der Waals surface area contributed by atoms with Crippen molar-refractivity contribution < 1.29 is 4.39 Å². The summed E-state index contributed by atoms with van der Waals surface area (Å²) < 4.78 is 12.8. The summed E-state index contributed by atoms with van der Waals surface area (Å²) in [6, 6.07) is 0. The van der Waals surface area contributed by atoms with Crippen LogP contribution in [0.3, 0.4) is 0 Å². The van der Waals surface area contributed by atoms with E-state index < -0.39 is 6.17 Å². The molecule has 4 unspecified atom stereocenters. The second-order valence-electron chi connectivity index (χ2n) is 7.90. The first-order valence-electron chi connectivity index (χ1n) is 9.50. The third-order valence-electron chi connectivity index (χ3n) is 4.89. The minimum atomic E-state index is -0.622. The Hall–Kier alpha value is -0.0700. The van der Waals surface area contributed by atoms with Crippen molar-refractivity contribution in [2.75, 3.05) is 0 Å². The Morgan fingerprint density at radius 2 is 1.33 bits per heavy atom. The predicted octanol–water partition coefficient (Wildman–Crippen LogP) is 7.42. The number of hydrogen-bond acceptors (Lipinski definition) is 0. The van der Waals surface area contributed by atoms with E-state index in [4.69, 9.17) is 0 Å². The molecule has 0 aromatic heterocycles. The lowest BCUT2D eigenvalue weighted by Crippen LogP contribution is -2.14. The maximum Gasteiger partial charge on any atom is 0.0973 e. The number of rotatable bonds is 13. The van der Waals surface area contributed by atoms with Gasteiger partial charge >= 0.3 is 0 Å². The summed E-state index contributed by atoms with van der Waals surface area (Å²) in [5.41, 5.74) is 0. The van der Waals surface area contributed by atoms with E-state index in [0.717, 1.165) is 36.5 Å². The fourth-order valence-electron chi connectivity index (χ4n) is 3.53. The zero-order valence-corrected chi connectivity index (χ0v) is 15.6. The summed E-state index contributed by atoms with van der Waals surface area (Å²) in [5, 5.41) is 0. The highest BCUT2D eigenvalue weighted by molar-refractivity contribution is 4.69. The average Bonchev–Trinajstić information content (AvgIpc) is 2.37. The van der Waals surface area contributed by atoms with Crippen molar-refractivity contribution in [3.63, 3.8) is 0 Å². The van der Waals surface area contributed by atoms with Gasteiger partial charge in [0.1, 0.15) is 0 Å². The first-order valence-corrected chi connectivity index (χ1v) is 9.50. The molecule has 1 heteroatoms. The van der Waals surface area contributed by atoms with Gasteiger partial charge in [-0.2, -0.15) is 0 Å². The van der Waals surface area contributed by atoms with Gasteiger partial charge in [-0.1, -0.05) is 79.6 Å². The van der Waals surface area contributed by atoms with Crippen molar-refractivity contribution in [3.8, 4) is 0 Å². The third kappa shape index (κ3) is 12.2. The highest BCUT2D eigenvalue weighted by atomic mass is 19.1. The zero-order valence-electron chi connectivity index (χ0n) is 15.6. The lowest BCUT2D eigenvalue weighted by molar-refractivity contribution is 0.255. The molecule has 0 spiro atoms. The topological polar surface area (TPSA) is 0 Å². The van der Waals surface area contributed by atoms with Crippen molar-refractivity contribution in [3.05, 3.63) is 0 Å². The third-order valence-corrected chi connectivity index (χ3v) is 4.89. The molecule has 0 amide bonds. The molecule has 0 radical (unpaired) electrons. The number of alkyl halides is 1. The summed E-state index contributed by atoms with van der Waals surface area (Å²) in [4.78, 5) is 0. The molecule has 0 nitrogen and oxygen atoms in total. The fraction of sp³-hybridized carbons (Fsp3) is 1.00. The van der Waals surface area contributed by atoms with Crippen LogP contribution in [-0.4, -0.2) is 6.17 Å². The Morgan fingerprint density at radius 3 is 1.81 bits per heavy atom. The van der Waals surface area contributed by atoms with Crippen LogP contribution in [0.1, 0.15) is 99.3 Å². The van der Waals surface area contributed by atoms with Crippen LogP contribution in [-0.2, 0) is 0 Å². The highest BCUT2D eigenvalue weighted by Gasteiger charge is 2.17. The molecule has 0 rings (SSSR count). The quantitative estimate of drug-likeness (QED) is 0.332. The average molecular weight is 301 g/mol. The lowest BCUT2D eigenvalue weighted by atomic mass is 9.80.